The highest BCUT2D eigenvalue weighted by atomic mass is 16.6. The summed E-state index contributed by atoms with van der Waals surface area (Å²) < 4.78 is 5.26. The number of carbonyl (C=O) groups excluding carboxylic acids is 1. The van der Waals surface area contributed by atoms with Crippen molar-refractivity contribution in [3.8, 4) is 0 Å². The molecule has 100 valence electrons. The molecule has 1 atom stereocenters. The molecular formula is C17H15NO2. The van der Waals surface area contributed by atoms with E-state index in [2.05, 4.69) is 17.1 Å². The first-order valence-electron chi connectivity index (χ1n) is 6.72. The fourth-order valence-corrected chi connectivity index (χ4v) is 2.23. The minimum Gasteiger partial charge on any atom is -0.406 e. The first kappa shape index (κ1) is 12.6. The van der Waals surface area contributed by atoms with Gasteiger partial charge in [-0.15, -0.1) is 0 Å². The second kappa shape index (κ2) is 5.70. The first-order chi connectivity index (χ1) is 9.83. The van der Waals surface area contributed by atoms with Crippen molar-refractivity contribution < 1.29 is 9.53 Å². The smallest absolute Gasteiger partial charge is 0.337 e. The Bertz CT molecular complexity index is 620. The zero-order valence-corrected chi connectivity index (χ0v) is 11.0. The van der Waals surface area contributed by atoms with E-state index >= 15 is 0 Å². The number of hydrogen-bond donors (Lipinski definition) is 0. The predicted octanol–water partition coefficient (Wildman–Crippen LogP) is 2.99. The molecule has 0 aliphatic carbocycles. The van der Waals surface area contributed by atoms with E-state index in [9.17, 15) is 4.79 Å². The standard InChI is InChI=1S/C17H15NO2/c19-17-15(12-11-13-7-3-1-4-8-13)18-16(20-17)14-9-5-2-6-10-14/h1-10,15H,11-12H2/t15-/m0/s1. The molecule has 0 saturated heterocycles. The lowest BCUT2D eigenvalue weighted by Crippen LogP contribution is -2.15. The molecule has 3 heteroatoms. The molecule has 1 heterocycles. The Morgan fingerprint density at radius 3 is 2.30 bits per heavy atom. The van der Waals surface area contributed by atoms with Gasteiger partial charge in [0.25, 0.3) is 0 Å². The number of nitrogens with zero attached hydrogens (tertiary/aromatic N) is 1. The van der Waals surface area contributed by atoms with Crippen LogP contribution in [0.15, 0.2) is 65.7 Å². The third-order valence-electron chi connectivity index (χ3n) is 3.31. The highest BCUT2D eigenvalue weighted by molar-refractivity contribution is 6.06. The van der Waals surface area contributed by atoms with Gasteiger partial charge in [0.15, 0.2) is 6.04 Å². The Labute approximate surface area is 117 Å². The van der Waals surface area contributed by atoms with E-state index < -0.39 is 0 Å². The van der Waals surface area contributed by atoms with Gasteiger partial charge in [0.2, 0.25) is 5.90 Å². The number of aliphatic imine (C=N–C) groups is 1. The molecule has 1 aliphatic heterocycles. The summed E-state index contributed by atoms with van der Waals surface area (Å²) in [5.74, 6) is 0.188. The Morgan fingerprint density at radius 2 is 1.60 bits per heavy atom. The summed E-state index contributed by atoms with van der Waals surface area (Å²) in [6.07, 6.45) is 1.51. The molecule has 3 nitrogen and oxygen atoms in total. The highest BCUT2D eigenvalue weighted by Crippen LogP contribution is 2.17. The molecule has 0 amide bonds. The summed E-state index contributed by atoms with van der Waals surface area (Å²) in [4.78, 5) is 16.2. The van der Waals surface area contributed by atoms with E-state index in [0.717, 1.165) is 12.0 Å². The van der Waals surface area contributed by atoms with Crippen LogP contribution in [0.3, 0.4) is 0 Å². The number of carbonyl (C=O) groups is 1. The average molecular weight is 265 g/mol. The Morgan fingerprint density at radius 1 is 0.950 bits per heavy atom. The topological polar surface area (TPSA) is 38.7 Å². The molecule has 0 unspecified atom stereocenters. The van der Waals surface area contributed by atoms with E-state index in [0.29, 0.717) is 12.3 Å². The third kappa shape index (κ3) is 2.77. The zero-order chi connectivity index (χ0) is 13.8. The van der Waals surface area contributed by atoms with Crippen LogP contribution in [0.2, 0.25) is 0 Å². The summed E-state index contributed by atoms with van der Waals surface area (Å²) in [5, 5.41) is 0. The molecule has 0 N–H and O–H groups in total. The molecule has 1 aliphatic rings. The van der Waals surface area contributed by atoms with Crippen LogP contribution in [-0.2, 0) is 16.0 Å². The van der Waals surface area contributed by atoms with E-state index in [-0.39, 0.29) is 12.0 Å². The highest BCUT2D eigenvalue weighted by Gasteiger charge is 2.29. The number of esters is 1. The molecule has 0 aromatic heterocycles. The van der Waals surface area contributed by atoms with Crippen molar-refractivity contribution >= 4 is 11.9 Å². The minimum atomic E-state index is -0.384. The van der Waals surface area contributed by atoms with Crippen LogP contribution < -0.4 is 0 Å². The van der Waals surface area contributed by atoms with E-state index in [1.807, 2.05) is 48.5 Å². The zero-order valence-electron chi connectivity index (χ0n) is 11.0. The van der Waals surface area contributed by atoms with Gasteiger partial charge < -0.3 is 4.74 Å². The summed E-state index contributed by atoms with van der Waals surface area (Å²) in [6, 6.07) is 19.2. The number of ether oxygens (including phenoxy) is 1. The first-order valence-corrected chi connectivity index (χ1v) is 6.72. The molecule has 0 fully saturated rings. The lowest BCUT2D eigenvalue weighted by Gasteiger charge is -2.03. The number of aryl methyl sites for hydroxylation is 1. The summed E-state index contributed by atoms with van der Waals surface area (Å²) >= 11 is 0. The maximum absolute atomic E-state index is 11.8. The lowest BCUT2D eigenvalue weighted by molar-refractivity contribution is -0.135. The van der Waals surface area contributed by atoms with Gasteiger partial charge in [-0.2, -0.15) is 0 Å². The second-order valence-electron chi connectivity index (χ2n) is 4.76. The van der Waals surface area contributed by atoms with Gasteiger partial charge in [-0.3, -0.25) is 0 Å². The lowest BCUT2D eigenvalue weighted by atomic mass is 10.1. The van der Waals surface area contributed by atoms with Crippen LogP contribution in [0.25, 0.3) is 0 Å². The van der Waals surface area contributed by atoms with Crippen molar-refractivity contribution in [3.05, 3.63) is 71.8 Å². The van der Waals surface area contributed by atoms with Gasteiger partial charge in [0.1, 0.15) is 0 Å². The van der Waals surface area contributed by atoms with Crippen LogP contribution >= 0.6 is 0 Å². The SMILES string of the molecule is O=C1OC(c2ccccc2)=N[C@H]1CCc1ccccc1. The van der Waals surface area contributed by atoms with E-state index in [4.69, 9.17) is 4.74 Å². The number of benzene rings is 2. The fraction of sp³-hybridized carbons (Fsp3) is 0.176. The van der Waals surface area contributed by atoms with Crippen molar-refractivity contribution in [2.75, 3.05) is 0 Å². The molecule has 2 aromatic carbocycles. The summed E-state index contributed by atoms with van der Waals surface area (Å²) in [5.41, 5.74) is 2.06. The molecule has 0 bridgehead atoms. The molecule has 20 heavy (non-hydrogen) atoms. The molecule has 2 aromatic rings. The van der Waals surface area contributed by atoms with Gasteiger partial charge >= 0.3 is 5.97 Å². The maximum Gasteiger partial charge on any atom is 0.337 e. The monoisotopic (exact) mass is 265 g/mol. The van der Waals surface area contributed by atoms with Crippen molar-refractivity contribution in [1.82, 2.24) is 0 Å². The number of cyclic esters (lactones) is 1. The summed E-state index contributed by atoms with van der Waals surface area (Å²) in [6.45, 7) is 0. The molecule has 3 rings (SSSR count). The Kier molecular flexibility index (Phi) is 3.59. The predicted molar refractivity (Wildman–Crippen MR) is 77.6 cm³/mol. The fourth-order valence-electron chi connectivity index (χ4n) is 2.23. The molecule has 0 spiro atoms. The van der Waals surface area contributed by atoms with E-state index in [1.54, 1.807) is 0 Å². The van der Waals surface area contributed by atoms with Crippen molar-refractivity contribution in [1.29, 1.82) is 0 Å². The number of hydrogen-bond acceptors (Lipinski definition) is 3. The summed E-state index contributed by atoms with van der Waals surface area (Å²) in [7, 11) is 0. The van der Waals surface area contributed by atoms with Crippen LogP contribution in [0.1, 0.15) is 17.5 Å². The van der Waals surface area contributed by atoms with Crippen LogP contribution in [0.5, 0.6) is 0 Å². The van der Waals surface area contributed by atoms with Crippen LogP contribution in [-0.4, -0.2) is 17.9 Å². The maximum atomic E-state index is 11.8. The molecule has 0 radical (unpaired) electrons. The minimum absolute atomic E-state index is 0.250. The van der Waals surface area contributed by atoms with Gasteiger partial charge in [0.05, 0.1) is 0 Å². The Hall–Kier alpha value is -2.42. The van der Waals surface area contributed by atoms with E-state index in [1.165, 1.54) is 5.56 Å². The van der Waals surface area contributed by atoms with Crippen molar-refractivity contribution in [3.63, 3.8) is 0 Å². The normalized spacial score (nSPS) is 17.7. The van der Waals surface area contributed by atoms with Crippen LogP contribution in [0, 0.1) is 0 Å². The third-order valence-corrected chi connectivity index (χ3v) is 3.31. The van der Waals surface area contributed by atoms with Crippen molar-refractivity contribution in [2.45, 2.75) is 18.9 Å². The largest absolute Gasteiger partial charge is 0.406 e. The Balaban J connectivity index is 1.68. The van der Waals surface area contributed by atoms with Gasteiger partial charge in [0, 0.05) is 5.56 Å². The van der Waals surface area contributed by atoms with Gasteiger partial charge in [-0.25, -0.2) is 9.79 Å². The second-order valence-corrected chi connectivity index (χ2v) is 4.76. The van der Waals surface area contributed by atoms with Crippen molar-refractivity contribution in [2.24, 2.45) is 4.99 Å². The van der Waals surface area contributed by atoms with Crippen LogP contribution in [0.4, 0.5) is 0 Å². The van der Waals surface area contributed by atoms with Gasteiger partial charge in [-0.1, -0.05) is 48.5 Å². The average Bonchev–Trinajstić information content (AvgIpc) is 2.88. The molecular weight excluding hydrogens is 250 g/mol. The quantitative estimate of drug-likeness (QED) is 0.797. The molecule has 0 saturated carbocycles. The number of rotatable bonds is 4. The van der Waals surface area contributed by atoms with Gasteiger partial charge in [-0.05, 0) is 30.5 Å².